The SMILES string of the molecule is CCn1c(SC(C)C(=O)Nc2ccccc2-c2ccccc2)nnc1N1CCOCC1. The van der Waals surface area contributed by atoms with E-state index in [9.17, 15) is 4.79 Å². The largest absolute Gasteiger partial charge is 0.378 e. The molecule has 1 aliphatic heterocycles. The van der Waals surface area contributed by atoms with Crippen LogP contribution in [0.2, 0.25) is 0 Å². The van der Waals surface area contributed by atoms with Crippen LogP contribution in [0.5, 0.6) is 0 Å². The predicted molar refractivity (Wildman–Crippen MR) is 125 cm³/mol. The number of ether oxygens (including phenoxy) is 1. The van der Waals surface area contributed by atoms with E-state index in [0.29, 0.717) is 13.2 Å². The maximum Gasteiger partial charge on any atom is 0.237 e. The van der Waals surface area contributed by atoms with Crippen LogP contribution in [0.3, 0.4) is 0 Å². The number of rotatable bonds is 7. The molecule has 2 aromatic carbocycles. The lowest BCUT2D eigenvalue weighted by atomic mass is 10.0. The first-order valence-corrected chi connectivity index (χ1v) is 11.4. The molecule has 0 spiro atoms. The van der Waals surface area contributed by atoms with Gasteiger partial charge in [-0.25, -0.2) is 0 Å². The molecule has 1 fully saturated rings. The number of nitrogens with zero attached hydrogens (tertiary/aromatic N) is 4. The molecule has 0 saturated carbocycles. The van der Waals surface area contributed by atoms with Crippen LogP contribution in [0.25, 0.3) is 11.1 Å². The van der Waals surface area contributed by atoms with Crippen LogP contribution in [-0.4, -0.2) is 52.2 Å². The minimum atomic E-state index is -0.323. The second-order valence-electron chi connectivity index (χ2n) is 7.29. The molecule has 0 bridgehead atoms. The Labute approximate surface area is 186 Å². The Morgan fingerprint density at radius 3 is 2.55 bits per heavy atom. The summed E-state index contributed by atoms with van der Waals surface area (Å²) in [4.78, 5) is 15.2. The molecule has 1 aliphatic rings. The predicted octanol–water partition coefficient (Wildman–Crippen LogP) is 3.92. The number of hydrogen-bond donors (Lipinski definition) is 1. The monoisotopic (exact) mass is 437 g/mol. The van der Waals surface area contributed by atoms with Crippen LogP contribution in [0.4, 0.5) is 11.6 Å². The van der Waals surface area contributed by atoms with Crippen molar-refractivity contribution >= 4 is 29.3 Å². The summed E-state index contributed by atoms with van der Waals surface area (Å²) in [6.07, 6.45) is 0. The summed E-state index contributed by atoms with van der Waals surface area (Å²) < 4.78 is 7.51. The lowest BCUT2D eigenvalue weighted by molar-refractivity contribution is -0.115. The van der Waals surface area contributed by atoms with Crippen LogP contribution >= 0.6 is 11.8 Å². The molecule has 2 heterocycles. The summed E-state index contributed by atoms with van der Waals surface area (Å²) in [5.74, 6) is 0.780. The van der Waals surface area contributed by atoms with Crippen molar-refractivity contribution in [2.75, 3.05) is 36.5 Å². The zero-order valence-electron chi connectivity index (χ0n) is 17.8. The molecular formula is C23H27N5O2S. The van der Waals surface area contributed by atoms with Gasteiger partial charge in [0.25, 0.3) is 0 Å². The number of anilines is 2. The van der Waals surface area contributed by atoms with Gasteiger partial charge in [0.15, 0.2) is 5.16 Å². The van der Waals surface area contributed by atoms with Gasteiger partial charge in [0.05, 0.1) is 18.5 Å². The number of carbonyl (C=O) groups excluding carboxylic acids is 1. The molecule has 3 aromatic rings. The molecule has 0 radical (unpaired) electrons. The maximum absolute atomic E-state index is 13.0. The van der Waals surface area contributed by atoms with Gasteiger partial charge in [-0.3, -0.25) is 9.36 Å². The quantitative estimate of drug-likeness (QED) is 0.565. The Kier molecular flexibility index (Phi) is 6.89. The van der Waals surface area contributed by atoms with E-state index >= 15 is 0 Å². The summed E-state index contributed by atoms with van der Waals surface area (Å²) in [5.41, 5.74) is 2.87. The first-order valence-electron chi connectivity index (χ1n) is 10.5. The van der Waals surface area contributed by atoms with Crippen LogP contribution < -0.4 is 10.2 Å². The average Bonchev–Trinajstić information content (AvgIpc) is 3.23. The van der Waals surface area contributed by atoms with E-state index in [4.69, 9.17) is 4.74 Å². The molecule has 1 atom stereocenters. The standard InChI is InChI=1S/C23H27N5O2S/c1-3-28-22(27-13-15-30-16-14-27)25-26-23(28)31-17(2)21(29)24-20-12-8-7-11-19(20)18-9-5-4-6-10-18/h4-12,17H,3,13-16H2,1-2H3,(H,24,29). The Balaban J connectivity index is 1.47. The molecule has 0 aliphatic carbocycles. The highest BCUT2D eigenvalue weighted by Gasteiger charge is 2.23. The van der Waals surface area contributed by atoms with Gasteiger partial charge in [0.2, 0.25) is 11.9 Å². The molecule has 1 amide bonds. The van der Waals surface area contributed by atoms with E-state index in [1.54, 1.807) is 0 Å². The van der Waals surface area contributed by atoms with Gasteiger partial charge in [0, 0.05) is 30.9 Å². The number of carbonyl (C=O) groups is 1. The van der Waals surface area contributed by atoms with Crippen molar-refractivity contribution in [3.05, 3.63) is 54.6 Å². The van der Waals surface area contributed by atoms with Crippen molar-refractivity contribution in [2.24, 2.45) is 0 Å². The lowest BCUT2D eigenvalue weighted by Gasteiger charge is -2.27. The lowest BCUT2D eigenvalue weighted by Crippen LogP contribution is -2.38. The van der Waals surface area contributed by atoms with E-state index in [-0.39, 0.29) is 11.2 Å². The first kappa shape index (κ1) is 21.4. The molecule has 1 N–H and O–H groups in total. The number of nitrogens with one attached hydrogen (secondary N) is 1. The molecule has 7 nitrogen and oxygen atoms in total. The van der Waals surface area contributed by atoms with Gasteiger partial charge >= 0.3 is 0 Å². The number of morpholine rings is 1. The van der Waals surface area contributed by atoms with Gasteiger partial charge in [0.1, 0.15) is 0 Å². The van der Waals surface area contributed by atoms with Crippen molar-refractivity contribution in [1.29, 1.82) is 0 Å². The van der Waals surface area contributed by atoms with Crippen LogP contribution in [-0.2, 0) is 16.1 Å². The molecule has 1 saturated heterocycles. The highest BCUT2D eigenvalue weighted by molar-refractivity contribution is 8.00. The van der Waals surface area contributed by atoms with E-state index in [0.717, 1.165) is 47.6 Å². The number of amides is 1. The summed E-state index contributed by atoms with van der Waals surface area (Å²) in [7, 11) is 0. The molecule has 8 heteroatoms. The van der Waals surface area contributed by atoms with Crippen molar-refractivity contribution < 1.29 is 9.53 Å². The third-order valence-electron chi connectivity index (χ3n) is 5.23. The Bertz CT molecular complexity index is 1020. The Morgan fingerprint density at radius 2 is 1.81 bits per heavy atom. The maximum atomic E-state index is 13.0. The fourth-order valence-corrected chi connectivity index (χ4v) is 4.46. The second-order valence-corrected chi connectivity index (χ2v) is 8.60. The van der Waals surface area contributed by atoms with Gasteiger partial charge in [-0.2, -0.15) is 0 Å². The molecule has 1 aromatic heterocycles. The molecular weight excluding hydrogens is 410 g/mol. The van der Waals surface area contributed by atoms with Crippen molar-refractivity contribution in [2.45, 2.75) is 30.8 Å². The smallest absolute Gasteiger partial charge is 0.237 e. The molecule has 31 heavy (non-hydrogen) atoms. The number of aromatic nitrogens is 3. The molecule has 1 unspecified atom stereocenters. The Morgan fingerprint density at radius 1 is 1.10 bits per heavy atom. The summed E-state index contributed by atoms with van der Waals surface area (Å²) >= 11 is 1.43. The topological polar surface area (TPSA) is 72.3 Å². The fourth-order valence-electron chi connectivity index (χ4n) is 3.55. The van der Waals surface area contributed by atoms with Crippen molar-refractivity contribution in [3.8, 4) is 11.1 Å². The molecule has 162 valence electrons. The van der Waals surface area contributed by atoms with Crippen LogP contribution in [0.15, 0.2) is 59.8 Å². The number of hydrogen-bond acceptors (Lipinski definition) is 6. The van der Waals surface area contributed by atoms with Gasteiger partial charge < -0.3 is 15.0 Å². The molecule has 4 rings (SSSR count). The zero-order chi connectivity index (χ0) is 21.6. The summed E-state index contributed by atoms with van der Waals surface area (Å²) in [5, 5.41) is 12.3. The van der Waals surface area contributed by atoms with E-state index in [2.05, 4.69) is 31.9 Å². The van der Waals surface area contributed by atoms with Crippen molar-refractivity contribution in [1.82, 2.24) is 14.8 Å². The highest BCUT2D eigenvalue weighted by atomic mass is 32.2. The fraction of sp³-hybridized carbons (Fsp3) is 0.348. The third-order valence-corrected chi connectivity index (χ3v) is 6.31. The minimum Gasteiger partial charge on any atom is -0.378 e. The first-order chi connectivity index (χ1) is 15.2. The third kappa shape index (κ3) is 4.91. The van der Waals surface area contributed by atoms with E-state index < -0.39 is 0 Å². The van der Waals surface area contributed by atoms with Crippen LogP contribution in [0, 0.1) is 0 Å². The Hall–Kier alpha value is -2.84. The summed E-state index contributed by atoms with van der Waals surface area (Å²) in [6.45, 7) is 7.70. The number of thioether (sulfide) groups is 1. The summed E-state index contributed by atoms with van der Waals surface area (Å²) in [6, 6.07) is 17.9. The van der Waals surface area contributed by atoms with Gasteiger partial charge in [-0.05, 0) is 25.5 Å². The van der Waals surface area contributed by atoms with E-state index in [1.807, 2.05) is 61.5 Å². The van der Waals surface area contributed by atoms with E-state index in [1.165, 1.54) is 11.8 Å². The van der Waals surface area contributed by atoms with Gasteiger partial charge in [-0.15, -0.1) is 10.2 Å². The second kappa shape index (κ2) is 9.98. The zero-order valence-corrected chi connectivity index (χ0v) is 18.6. The minimum absolute atomic E-state index is 0.0630. The number of para-hydroxylation sites is 1. The average molecular weight is 438 g/mol. The van der Waals surface area contributed by atoms with Crippen LogP contribution in [0.1, 0.15) is 13.8 Å². The normalized spacial score (nSPS) is 15.0. The van der Waals surface area contributed by atoms with Gasteiger partial charge in [-0.1, -0.05) is 60.3 Å². The van der Waals surface area contributed by atoms with Crippen molar-refractivity contribution in [3.63, 3.8) is 0 Å². The number of benzene rings is 2. The highest BCUT2D eigenvalue weighted by Crippen LogP contribution is 2.30.